The largest absolute Gasteiger partial charge is 0.398 e. The van der Waals surface area contributed by atoms with Gasteiger partial charge in [-0.1, -0.05) is 18.2 Å². The molecule has 1 fully saturated rings. The number of nitrogens with zero attached hydrogens (tertiary/aromatic N) is 2. The van der Waals surface area contributed by atoms with E-state index in [1.54, 1.807) is 18.0 Å². The molecule has 18 heavy (non-hydrogen) atoms. The van der Waals surface area contributed by atoms with E-state index in [4.69, 9.17) is 5.73 Å². The van der Waals surface area contributed by atoms with Crippen LogP contribution in [0.2, 0.25) is 0 Å². The molecule has 0 bridgehead atoms. The maximum atomic E-state index is 11.6. The summed E-state index contributed by atoms with van der Waals surface area (Å²) in [5.74, 6) is 0.0921. The van der Waals surface area contributed by atoms with Crippen molar-refractivity contribution < 1.29 is 9.90 Å². The van der Waals surface area contributed by atoms with E-state index >= 15 is 0 Å². The zero-order valence-electron chi connectivity index (χ0n) is 10.5. The van der Waals surface area contributed by atoms with Gasteiger partial charge in [0, 0.05) is 37.9 Å². The number of aliphatic hydroxyl groups excluding tert-OH is 1. The highest BCUT2D eigenvalue weighted by Gasteiger charge is 2.23. The number of benzene rings is 1. The second-order valence-corrected chi connectivity index (χ2v) is 4.70. The lowest BCUT2D eigenvalue weighted by atomic mass is 10.1. The number of hydrogen-bond acceptors (Lipinski definition) is 4. The zero-order valence-corrected chi connectivity index (χ0v) is 10.5. The van der Waals surface area contributed by atoms with Crippen LogP contribution in [0, 0.1) is 0 Å². The molecule has 2 rings (SSSR count). The smallest absolute Gasteiger partial charge is 0.236 e. The van der Waals surface area contributed by atoms with Gasteiger partial charge in [0.25, 0.3) is 0 Å². The molecule has 1 atom stereocenters. The molecule has 0 aromatic heterocycles. The number of aliphatic hydroxyl groups is 1. The Bertz CT molecular complexity index is 436. The Kier molecular flexibility index (Phi) is 3.84. The highest BCUT2D eigenvalue weighted by Crippen LogP contribution is 2.21. The van der Waals surface area contributed by atoms with Gasteiger partial charge >= 0.3 is 0 Å². The number of rotatable bonds is 3. The summed E-state index contributed by atoms with van der Waals surface area (Å²) in [6, 6.07) is 7.28. The van der Waals surface area contributed by atoms with Crippen molar-refractivity contribution in [1.29, 1.82) is 0 Å². The number of para-hydroxylation sites is 1. The van der Waals surface area contributed by atoms with Crippen LogP contribution in [0.4, 0.5) is 5.69 Å². The lowest BCUT2D eigenvalue weighted by molar-refractivity contribution is -0.134. The molecule has 98 valence electrons. The molecule has 1 amide bonds. The monoisotopic (exact) mass is 249 g/mol. The maximum Gasteiger partial charge on any atom is 0.236 e. The van der Waals surface area contributed by atoms with Crippen LogP contribution >= 0.6 is 0 Å². The number of likely N-dealkylation sites (N-methyl/N-ethyl adjacent to an activating group) is 1. The lowest BCUT2D eigenvalue weighted by Crippen LogP contribution is -2.49. The SMILES string of the molecule is CN1CCN(CC(O)c2ccccc2N)CC1=O. The van der Waals surface area contributed by atoms with Crippen LogP contribution in [-0.2, 0) is 4.79 Å². The van der Waals surface area contributed by atoms with Crippen molar-refractivity contribution in [3.05, 3.63) is 29.8 Å². The Hall–Kier alpha value is -1.59. The number of nitrogen functional groups attached to an aromatic ring is 1. The van der Waals surface area contributed by atoms with Gasteiger partial charge in [0.1, 0.15) is 0 Å². The molecule has 1 aliphatic rings. The minimum absolute atomic E-state index is 0.0921. The summed E-state index contributed by atoms with van der Waals surface area (Å²) >= 11 is 0. The first-order valence-corrected chi connectivity index (χ1v) is 6.06. The third-order valence-corrected chi connectivity index (χ3v) is 3.32. The molecule has 0 spiro atoms. The molecule has 0 aliphatic carbocycles. The fourth-order valence-electron chi connectivity index (χ4n) is 2.12. The molecular formula is C13H19N3O2. The number of piperazine rings is 1. The van der Waals surface area contributed by atoms with Gasteiger partial charge in [0.05, 0.1) is 12.6 Å². The van der Waals surface area contributed by atoms with E-state index in [2.05, 4.69) is 0 Å². The van der Waals surface area contributed by atoms with Crippen LogP contribution in [0.5, 0.6) is 0 Å². The number of anilines is 1. The molecule has 1 heterocycles. The van der Waals surface area contributed by atoms with Crippen LogP contribution in [-0.4, -0.2) is 54.0 Å². The fourth-order valence-corrected chi connectivity index (χ4v) is 2.12. The van der Waals surface area contributed by atoms with E-state index in [1.165, 1.54) is 0 Å². The quantitative estimate of drug-likeness (QED) is 0.744. The van der Waals surface area contributed by atoms with Crippen molar-refractivity contribution in [3.8, 4) is 0 Å². The molecule has 5 nitrogen and oxygen atoms in total. The summed E-state index contributed by atoms with van der Waals surface area (Å²) in [5.41, 5.74) is 7.14. The average molecular weight is 249 g/mol. The van der Waals surface area contributed by atoms with E-state index in [1.807, 2.05) is 23.1 Å². The molecule has 1 aromatic rings. The Labute approximate surface area is 107 Å². The highest BCUT2D eigenvalue weighted by atomic mass is 16.3. The number of carbonyl (C=O) groups excluding carboxylic acids is 1. The van der Waals surface area contributed by atoms with Crippen molar-refractivity contribution in [2.45, 2.75) is 6.10 Å². The molecule has 0 saturated carbocycles. The second kappa shape index (κ2) is 5.37. The van der Waals surface area contributed by atoms with Gasteiger partial charge in [-0.3, -0.25) is 9.69 Å². The molecular weight excluding hydrogens is 230 g/mol. The van der Waals surface area contributed by atoms with E-state index < -0.39 is 6.10 Å². The van der Waals surface area contributed by atoms with E-state index in [9.17, 15) is 9.90 Å². The third kappa shape index (κ3) is 2.80. The van der Waals surface area contributed by atoms with Crippen molar-refractivity contribution in [2.24, 2.45) is 0 Å². The van der Waals surface area contributed by atoms with Gasteiger partial charge in [-0.05, 0) is 6.07 Å². The second-order valence-electron chi connectivity index (χ2n) is 4.70. The van der Waals surface area contributed by atoms with Crippen LogP contribution in [0.1, 0.15) is 11.7 Å². The topological polar surface area (TPSA) is 69.8 Å². The number of amides is 1. The van der Waals surface area contributed by atoms with Gasteiger partial charge in [0.15, 0.2) is 0 Å². The normalized spacial score (nSPS) is 19.0. The summed E-state index contributed by atoms with van der Waals surface area (Å²) in [6.45, 7) is 2.29. The predicted molar refractivity (Wildman–Crippen MR) is 69.9 cm³/mol. The molecule has 0 radical (unpaired) electrons. The minimum atomic E-state index is -0.651. The van der Waals surface area contributed by atoms with Gasteiger partial charge in [-0.25, -0.2) is 0 Å². The van der Waals surface area contributed by atoms with E-state index in [0.717, 1.165) is 12.1 Å². The van der Waals surface area contributed by atoms with Crippen LogP contribution in [0.25, 0.3) is 0 Å². The minimum Gasteiger partial charge on any atom is -0.398 e. The molecule has 1 saturated heterocycles. The third-order valence-electron chi connectivity index (χ3n) is 3.32. The Morgan fingerprint density at radius 1 is 1.39 bits per heavy atom. The van der Waals surface area contributed by atoms with Crippen LogP contribution in [0.3, 0.4) is 0 Å². The number of nitrogens with two attached hydrogens (primary N) is 1. The Morgan fingerprint density at radius 2 is 2.11 bits per heavy atom. The molecule has 1 aliphatic heterocycles. The van der Waals surface area contributed by atoms with Crippen molar-refractivity contribution >= 4 is 11.6 Å². The fraction of sp³-hybridized carbons (Fsp3) is 0.462. The summed E-state index contributed by atoms with van der Waals surface area (Å²) in [7, 11) is 1.80. The van der Waals surface area contributed by atoms with Gasteiger partial charge in [-0.15, -0.1) is 0 Å². The van der Waals surface area contributed by atoms with Gasteiger partial charge < -0.3 is 15.7 Å². The summed E-state index contributed by atoms with van der Waals surface area (Å²) < 4.78 is 0. The van der Waals surface area contributed by atoms with Gasteiger partial charge in [0.2, 0.25) is 5.91 Å². The number of carbonyl (C=O) groups is 1. The lowest BCUT2D eigenvalue weighted by Gasteiger charge is -2.33. The van der Waals surface area contributed by atoms with E-state index in [0.29, 0.717) is 25.3 Å². The first-order valence-electron chi connectivity index (χ1n) is 6.06. The maximum absolute atomic E-state index is 11.6. The zero-order chi connectivity index (χ0) is 13.1. The standard InChI is InChI=1S/C13H19N3O2/c1-15-6-7-16(9-13(15)18)8-12(17)10-4-2-3-5-11(10)14/h2-5,12,17H,6-9,14H2,1H3. The Morgan fingerprint density at radius 3 is 2.78 bits per heavy atom. The summed E-state index contributed by atoms with van der Waals surface area (Å²) in [4.78, 5) is 15.2. The van der Waals surface area contributed by atoms with Crippen molar-refractivity contribution in [3.63, 3.8) is 0 Å². The number of β-amino-alcohol motifs (C(OH)–C–C–N with tert-alkyl or cyclic N) is 1. The van der Waals surface area contributed by atoms with Crippen LogP contribution < -0.4 is 5.73 Å². The van der Waals surface area contributed by atoms with Gasteiger partial charge in [-0.2, -0.15) is 0 Å². The number of hydrogen-bond donors (Lipinski definition) is 2. The highest BCUT2D eigenvalue weighted by molar-refractivity contribution is 5.78. The van der Waals surface area contributed by atoms with Crippen molar-refractivity contribution in [2.75, 3.05) is 39.0 Å². The molecule has 1 unspecified atom stereocenters. The Balaban J connectivity index is 1.98. The van der Waals surface area contributed by atoms with E-state index in [-0.39, 0.29) is 5.91 Å². The molecule has 3 N–H and O–H groups in total. The molecule has 1 aromatic carbocycles. The summed E-state index contributed by atoms with van der Waals surface area (Å²) in [6.07, 6.45) is -0.651. The van der Waals surface area contributed by atoms with Crippen LogP contribution in [0.15, 0.2) is 24.3 Å². The van der Waals surface area contributed by atoms with Crippen molar-refractivity contribution in [1.82, 2.24) is 9.80 Å². The first-order chi connectivity index (χ1) is 8.58. The molecule has 5 heteroatoms. The average Bonchev–Trinajstić information content (AvgIpc) is 2.34. The first kappa shape index (κ1) is 12.9. The summed E-state index contributed by atoms with van der Waals surface area (Å²) in [5, 5.41) is 10.2. The predicted octanol–water partition coefficient (Wildman–Crippen LogP) is 0.0762.